The van der Waals surface area contributed by atoms with Crippen molar-refractivity contribution in [2.45, 2.75) is 50.9 Å². The van der Waals surface area contributed by atoms with Crippen LogP contribution in [0.4, 0.5) is 18.0 Å². The number of benzene rings is 1. The van der Waals surface area contributed by atoms with Crippen molar-refractivity contribution in [3.8, 4) is 0 Å². The molecule has 2 rings (SSSR count). The van der Waals surface area contributed by atoms with Crippen LogP contribution < -0.4 is 5.73 Å². The van der Waals surface area contributed by atoms with Crippen LogP contribution in [0.5, 0.6) is 0 Å². The third-order valence-corrected chi connectivity index (χ3v) is 4.09. The zero-order valence-corrected chi connectivity index (χ0v) is 14.1. The van der Waals surface area contributed by atoms with E-state index in [0.29, 0.717) is 31.5 Å². The number of rotatable bonds is 1. The van der Waals surface area contributed by atoms with E-state index in [4.69, 9.17) is 10.5 Å². The summed E-state index contributed by atoms with van der Waals surface area (Å²) in [7, 11) is 0. The first-order valence-electron chi connectivity index (χ1n) is 7.85. The second-order valence-corrected chi connectivity index (χ2v) is 7.20. The second kappa shape index (κ2) is 6.27. The minimum Gasteiger partial charge on any atom is -0.444 e. The number of amides is 1. The van der Waals surface area contributed by atoms with Crippen molar-refractivity contribution in [1.82, 2.24) is 4.90 Å². The minimum absolute atomic E-state index is 0.392. The Morgan fingerprint density at radius 3 is 2.04 bits per heavy atom. The minimum atomic E-state index is -4.36. The molecule has 0 bridgehead atoms. The van der Waals surface area contributed by atoms with E-state index in [1.54, 1.807) is 25.7 Å². The van der Waals surface area contributed by atoms with E-state index in [2.05, 4.69) is 0 Å². The highest BCUT2D eigenvalue weighted by atomic mass is 19.4. The molecule has 2 N–H and O–H groups in total. The highest BCUT2D eigenvalue weighted by Gasteiger charge is 2.36. The molecule has 1 heterocycles. The second-order valence-electron chi connectivity index (χ2n) is 7.20. The predicted octanol–water partition coefficient (Wildman–Crippen LogP) is 3.89. The van der Waals surface area contributed by atoms with E-state index in [1.807, 2.05) is 0 Å². The summed E-state index contributed by atoms with van der Waals surface area (Å²) in [6, 6.07) is 4.94. The first-order chi connectivity index (χ1) is 10.9. The van der Waals surface area contributed by atoms with Crippen LogP contribution in [0.15, 0.2) is 24.3 Å². The number of carbonyl (C=O) groups is 1. The van der Waals surface area contributed by atoms with Crippen LogP contribution in [0.3, 0.4) is 0 Å². The van der Waals surface area contributed by atoms with Gasteiger partial charge >= 0.3 is 12.3 Å². The number of hydrogen-bond acceptors (Lipinski definition) is 3. The van der Waals surface area contributed by atoms with Crippen LogP contribution in [0, 0.1) is 0 Å². The van der Waals surface area contributed by atoms with Gasteiger partial charge in [0.1, 0.15) is 5.60 Å². The third-order valence-electron chi connectivity index (χ3n) is 4.09. The Balaban J connectivity index is 2.03. The quantitative estimate of drug-likeness (QED) is 0.841. The molecular formula is C17H23F3N2O2. The van der Waals surface area contributed by atoms with Gasteiger partial charge in [-0.15, -0.1) is 0 Å². The first kappa shape index (κ1) is 18.6. The molecule has 24 heavy (non-hydrogen) atoms. The van der Waals surface area contributed by atoms with Gasteiger partial charge in [0.25, 0.3) is 0 Å². The number of hydrogen-bond donors (Lipinski definition) is 1. The molecular weight excluding hydrogens is 321 g/mol. The maximum atomic E-state index is 12.6. The van der Waals surface area contributed by atoms with Crippen LogP contribution in [0.2, 0.25) is 0 Å². The Hall–Kier alpha value is -1.76. The monoisotopic (exact) mass is 344 g/mol. The normalized spacial score (nSPS) is 18.4. The van der Waals surface area contributed by atoms with Crippen LogP contribution >= 0.6 is 0 Å². The fourth-order valence-electron chi connectivity index (χ4n) is 2.69. The molecule has 1 fully saturated rings. The highest BCUT2D eigenvalue weighted by molar-refractivity contribution is 5.68. The van der Waals surface area contributed by atoms with Gasteiger partial charge in [-0.25, -0.2) is 4.79 Å². The average Bonchev–Trinajstić information content (AvgIpc) is 2.45. The van der Waals surface area contributed by atoms with E-state index in [9.17, 15) is 18.0 Å². The molecule has 1 aliphatic heterocycles. The molecule has 1 amide bonds. The molecule has 1 aromatic carbocycles. The molecule has 0 aromatic heterocycles. The summed E-state index contributed by atoms with van der Waals surface area (Å²) in [5.74, 6) is 0. The van der Waals surface area contributed by atoms with Gasteiger partial charge in [-0.3, -0.25) is 0 Å². The van der Waals surface area contributed by atoms with E-state index >= 15 is 0 Å². The van der Waals surface area contributed by atoms with Crippen molar-refractivity contribution in [2.24, 2.45) is 5.73 Å². The molecule has 0 atom stereocenters. The van der Waals surface area contributed by atoms with Gasteiger partial charge in [-0.1, -0.05) is 12.1 Å². The van der Waals surface area contributed by atoms with Gasteiger partial charge in [0.15, 0.2) is 0 Å². The predicted molar refractivity (Wildman–Crippen MR) is 84.4 cm³/mol. The van der Waals surface area contributed by atoms with Gasteiger partial charge in [0.05, 0.1) is 5.56 Å². The van der Waals surface area contributed by atoms with E-state index < -0.39 is 29.0 Å². The number of alkyl halides is 3. The fraction of sp³-hybridized carbons (Fsp3) is 0.588. The molecule has 0 radical (unpaired) electrons. The molecule has 1 aliphatic rings. The average molecular weight is 344 g/mol. The molecule has 0 spiro atoms. The Bertz CT molecular complexity index is 583. The maximum absolute atomic E-state index is 12.6. The number of nitrogens with zero attached hydrogens (tertiary/aromatic N) is 1. The molecule has 0 saturated carbocycles. The first-order valence-corrected chi connectivity index (χ1v) is 7.85. The molecule has 1 saturated heterocycles. The Morgan fingerprint density at radius 1 is 1.12 bits per heavy atom. The number of piperidine rings is 1. The zero-order chi connectivity index (χ0) is 18.2. The number of nitrogens with two attached hydrogens (primary N) is 1. The summed E-state index contributed by atoms with van der Waals surface area (Å²) in [6.45, 7) is 6.21. The standard InChI is InChI=1S/C17H23F3N2O2/c1-15(2,3)24-14(23)22-10-8-16(21,9-11-22)12-4-6-13(7-5-12)17(18,19)20/h4-7H,8-11,21H2,1-3H3. The number of carbonyl (C=O) groups excluding carboxylic acids is 1. The van der Waals surface area contributed by atoms with Gasteiger partial charge < -0.3 is 15.4 Å². The molecule has 4 nitrogen and oxygen atoms in total. The maximum Gasteiger partial charge on any atom is 0.416 e. The Kier molecular flexibility index (Phi) is 4.86. The van der Waals surface area contributed by atoms with Crippen molar-refractivity contribution in [3.63, 3.8) is 0 Å². The number of ether oxygens (including phenoxy) is 1. The lowest BCUT2D eigenvalue weighted by atomic mass is 9.81. The van der Waals surface area contributed by atoms with Crippen LogP contribution in [0.1, 0.15) is 44.7 Å². The lowest BCUT2D eigenvalue weighted by Crippen LogP contribution is -2.50. The van der Waals surface area contributed by atoms with Gasteiger partial charge in [0, 0.05) is 18.6 Å². The SMILES string of the molecule is CC(C)(C)OC(=O)N1CCC(N)(c2ccc(C(F)(F)F)cc2)CC1. The van der Waals surface area contributed by atoms with E-state index in [1.165, 1.54) is 12.1 Å². The topological polar surface area (TPSA) is 55.6 Å². The van der Waals surface area contributed by atoms with Gasteiger partial charge in [0.2, 0.25) is 0 Å². The molecule has 0 aliphatic carbocycles. The van der Waals surface area contributed by atoms with Crippen LogP contribution in [0.25, 0.3) is 0 Å². The van der Waals surface area contributed by atoms with Crippen molar-refractivity contribution in [2.75, 3.05) is 13.1 Å². The highest BCUT2D eigenvalue weighted by Crippen LogP contribution is 2.34. The number of halogens is 3. The Morgan fingerprint density at radius 2 is 1.62 bits per heavy atom. The summed E-state index contributed by atoms with van der Waals surface area (Å²) in [5.41, 5.74) is 5.03. The van der Waals surface area contributed by atoms with E-state index in [0.717, 1.165) is 12.1 Å². The molecule has 1 aromatic rings. The third kappa shape index (κ3) is 4.41. The van der Waals surface area contributed by atoms with Crippen molar-refractivity contribution >= 4 is 6.09 Å². The Labute approximate surface area is 139 Å². The van der Waals surface area contributed by atoms with Crippen LogP contribution in [-0.2, 0) is 16.5 Å². The van der Waals surface area contributed by atoms with Gasteiger partial charge in [-0.2, -0.15) is 13.2 Å². The lowest BCUT2D eigenvalue weighted by molar-refractivity contribution is -0.137. The van der Waals surface area contributed by atoms with Crippen molar-refractivity contribution < 1.29 is 22.7 Å². The van der Waals surface area contributed by atoms with E-state index in [-0.39, 0.29) is 0 Å². The summed E-state index contributed by atoms with van der Waals surface area (Å²) in [5, 5.41) is 0. The van der Waals surface area contributed by atoms with Crippen molar-refractivity contribution in [1.29, 1.82) is 0 Å². The number of likely N-dealkylation sites (tertiary alicyclic amines) is 1. The van der Waals surface area contributed by atoms with Crippen LogP contribution in [-0.4, -0.2) is 29.7 Å². The largest absolute Gasteiger partial charge is 0.444 e. The summed E-state index contributed by atoms with van der Waals surface area (Å²) in [4.78, 5) is 13.6. The summed E-state index contributed by atoms with van der Waals surface area (Å²) < 4.78 is 43.3. The molecule has 7 heteroatoms. The zero-order valence-electron chi connectivity index (χ0n) is 14.1. The summed E-state index contributed by atoms with van der Waals surface area (Å²) >= 11 is 0. The molecule has 0 unspecified atom stereocenters. The molecule has 134 valence electrons. The van der Waals surface area contributed by atoms with Crippen molar-refractivity contribution in [3.05, 3.63) is 35.4 Å². The lowest BCUT2D eigenvalue weighted by Gasteiger charge is -2.40. The fourth-order valence-corrected chi connectivity index (χ4v) is 2.69. The smallest absolute Gasteiger partial charge is 0.416 e. The summed E-state index contributed by atoms with van der Waals surface area (Å²) in [6.07, 6.45) is -3.81. The van der Waals surface area contributed by atoms with Gasteiger partial charge in [-0.05, 0) is 51.3 Å².